The first kappa shape index (κ1) is 15.6. The maximum absolute atomic E-state index is 12.3. The van der Waals surface area contributed by atoms with Gasteiger partial charge in [-0.1, -0.05) is 19.3 Å². The zero-order valence-corrected chi connectivity index (χ0v) is 12.6. The molecule has 0 aliphatic heterocycles. The average molecular weight is 320 g/mol. The molecule has 0 radical (unpaired) electrons. The summed E-state index contributed by atoms with van der Waals surface area (Å²) in [5.41, 5.74) is 0.989. The second kappa shape index (κ2) is 6.89. The molecule has 0 unspecified atom stereocenters. The van der Waals surface area contributed by atoms with E-state index in [1.54, 1.807) is 12.1 Å². The van der Waals surface area contributed by atoms with E-state index in [2.05, 4.69) is 15.0 Å². The number of aromatic nitrogens is 1. The summed E-state index contributed by atoms with van der Waals surface area (Å²) in [4.78, 5) is 16.5. The van der Waals surface area contributed by atoms with E-state index in [-0.39, 0.29) is 17.7 Å². The van der Waals surface area contributed by atoms with Crippen molar-refractivity contribution >= 4 is 16.8 Å². The first-order chi connectivity index (χ1) is 11.1. The molecule has 1 aliphatic rings. The zero-order chi connectivity index (χ0) is 16.2. The molecule has 1 aromatic carbocycles. The van der Waals surface area contributed by atoms with Crippen molar-refractivity contribution < 1.29 is 18.3 Å². The van der Waals surface area contributed by atoms with Gasteiger partial charge in [0.1, 0.15) is 5.75 Å². The van der Waals surface area contributed by atoms with Gasteiger partial charge in [-0.3, -0.25) is 9.78 Å². The third-order valence-electron chi connectivity index (χ3n) is 4.08. The van der Waals surface area contributed by atoms with E-state index in [0.717, 1.165) is 25.7 Å². The number of amides is 1. The molecule has 3 rings (SSSR count). The van der Waals surface area contributed by atoms with Gasteiger partial charge in [0.15, 0.2) is 0 Å². The molecule has 1 N–H and O–H groups in total. The Morgan fingerprint density at radius 2 is 2.00 bits per heavy atom. The van der Waals surface area contributed by atoms with Crippen molar-refractivity contribution in [2.45, 2.75) is 44.8 Å². The molecule has 1 aliphatic carbocycles. The molecule has 0 bridgehead atoms. The number of fused-ring (bicyclic) bond motifs is 1. The Bertz CT molecular complexity index is 700. The fourth-order valence-corrected chi connectivity index (χ4v) is 2.92. The second-order valence-corrected chi connectivity index (χ2v) is 5.77. The maximum Gasteiger partial charge on any atom is 0.387 e. The minimum Gasteiger partial charge on any atom is -0.435 e. The van der Waals surface area contributed by atoms with Crippen LogP contribution in [0.4, 0.5) is 8.78 Å². The number of nitrogens with one attached hydrogen (secondary N) is 1. The number of halogens is 2. The predicted molar refractivity (Wildman–Crippen MR) is 82.7 cm³/mol. The van der Waals surface area contributed by atoms with Gasteiger partial charge in [0.05, 0.1) is 11.1 Å². The van der Waals surface area contributed by atoms with Gasteiger partial charge in [0.25, 0.3) is 5.91 Å². The van der Waals surface area contributed by atoms with Crippen LogP contribution in [0.3, 0.4) is 0 Å². The van der Waals surface area contributed by atoms with E-state index in [1.807, 2.05) is 0 Å². The van der Waals surface area contributed by atoms with Crippen LogP contribution in [0.25, 0.3) is 10.9 Å². The Morgan fingerprint density at radius 1 is 1.22 bits per heavy atom. The highest BCUT2D eigenvalue weighted by Crippen LogP contribution is 2.22. The fourth-order valence-electron chi connectivity index (χ4n) is 2.92. The van der Waals surface area contributed by atoms with E-state index in [9.17, 15) is 13.6 Å². The van der Waals surface area contributed by atoms with Crippen LogP contribution in [0.1, 0.15) is 42.5 Å². The largest absolute Gasteiger partial charge is 0.435 e. The molecule has 4 nitrogen and oxygen atoms in total. The van der Waals surface area contributed by atoms with Gasteiger partial charge < -0.3 is 10.1 Å². The Kier molecular flexibility index (Phi) is 4.69. The quantitative estimate of drug-likeness (QED) is 0.929. The van der Waals surface area contributed by atoms with Gasteiger partial charge in [0.2, 0.25) is 0 Å². The number of carbonyl (C=O) groups is 1. The molecule has 1 aromatic heterocycles. The van der Waals surface area contributed by atoms with Crippen LogP contribution in [0.15, 0.2) is 30.5 Å². The summed E-state index contributed by atoms with van der Waals surface area (Å²) in [6, 6.07) is 6.45. The van der Waals surface area contributed by atoms with Crippen LogP contribution >= 0.6 is 0 Å². The number of alkyl halides is 2. The van der Waals surface area contributed by atoms with Crippen molar-refractivity contribution in [1.82, 2.24) is 10.3 Å². The summed E-state index contributed by atoms with van der Waals surface area (Å²) in [7, 11) is 0. The van der Waals surface area contributed by atoms with Gasteiger partial charge in [-0.25, -0.2) is 0 Å². The topological polar surface area (TPSA) is 51.2 Å². The van der Waals surface area contributed by atoms with Gasteiger partial charge >= 0.3 is 6.61 Å². The Balaban J connectivity index is 1.75. The molecule has 23 heavy (non-hydrogen) atoms. The number of pyridine rings is 1. The summed E-state index contributed by atoms with van der Waals surface area (Å²) in [5, 5.41) is 3.75. The smallest absolute Gasteiger partial charge is 0.387 e. The molecule has 1 saturated carbocycles. The van der Waals surface area contributed by atoms with Gasteiger partial charge in [0, 0.05) is 23.7 Å². The number of hydrogen-bond acceptors (Lipinski definition) is 3. The number of benzene rings is 1. The Labute approximate surface area is 132 Å². The SMILES string of the molecule is O=C(NC1CCCCC1)c1cnc2cc(OC(F)F)ccc2c1. The van der Waals surface area contributed by atoms with Gasteiger partial charge in [-0.05, 0) is 31.0 Å². The third kappa shape index (κ3) is 3.94. The summed E-state index contributed by atoms with van der Waals surface area (Å²) in [6.45, 7) is -2.87. The molecular weight excluding hydrogens is 302 g/mol. The number of rotatable bonds is 4. The lowest BCUT2D eigenvalue weighted by Gasteiger charge is -2.22. The number of nitrogens with zero attached hydrogens (tertiary/aromatic N) is 1. The summed E-state index contributed by atoms with van der Waals surface area (Å²) < 4.78 is 28.8. The zero-order valence-electron chi connectivity index (χ0n) is 12.6. The van der Waals surface area contributed by atoms with Crippen LogP contribution in [0.5, 0.6) is 5.75 Å². The van der Waals surface area contributed by atoms with Crippen molar-refractivity contribution in [3.05, 3.63) is 36.0 Å². The highest BCUT2D eigenvalue weighted by atomic mass is 19.3. The van der Waals surface area contributed by atoms with Crippen LogP contribution in [0.2, 0.25) is 0 Å². The lowest BCUT2D eigenvalue weighted by molar-refractivity contribution is -0.0497. The summed E-state index contributed by atoms with van der Waals surface area (Å²) in [5.74, 6) is -0.0846. The first-order valence-corrected chi connectivity index (χ1v) is 7.77. The van der Waals surface area contributed by atoms with Crippen molar-refractivity contribution in [3.63, 3.8) is 0 Å². The van der Waals surface area contributed by atoms with E-state index >= 15 is 0 Å². The average Bonchev–Trinajstić information content (AvgIpc) is 2.54. The van der Waals surface area contributed by atoms with Crippen molar-refractivity contribution in [1.29, 1.82) is 0 Å². The van der Waals surface area contributed by atoms with Gasteiger partial charge in [-0.2, -0.15) is 8.78 Å². The van der Waals surface area contributed by atoms with Gasteiger partial charge in [-0.15, -0.1) is 0 Å². The minimum absolute atomic E-state index is 0.0550. The molecule has 1 heterocycles. The van der Waals surface area contributed by atoms with E-state index in [4.69, 9.17) is 0 Å². The molecule has 0 saturated heterocycles. The number of hydrogen-bond donors (Lipinski definition) is 1. The molecule has 122 valence electrons. The molecule has 6 heteroatoms. The third-order valence-corrected chi connectivity index (χ3v) is 4.08. The molecule has 0 atom stereocenters. The molecule has 0 spiro atoms. The highest BCUT2D eigenvalue weighted by Gasteiger charge is 2.17. The lowest BCUT2D eigenvalue weighted by Crippen LogP contribution is -2.36. The first-order valence-electron chi connectivity index (χ1n) is 7.77. The Morgan fingerprint density at radius 3 is 2.74 bits per heavy atom. The molecular formula is C17H18F2N2O2. The monoisotopic (exact) mass is 320 g/mol. The van der Waals surface area contributed by atoms with Crippen molar-refractivity contribution in [2.75, 3.05) is 0 Å². The Hall–Kier alpha value is -2.24. The van der Waals surface area contributed by atoms with Crippen LogP contribution < -0.4 is 10.1 Å². The summed E-state index contributed by atoms with van der Waals surface area (Å²) in [6.07, 6.45) is 7.02. The molecule has 1 amide bonds. The highest BCUT2D eigenvalue weighted by molar-refractivity contribution is 5.97. The van der Waals surface area contributed by atoms with E-state index in [1.165, 1.54) is 24.8 Å². The fraction of sp³-hybridized carbons (Fsp3) is 0.412. The van der Waals surface area contributed by atoms with Crippen LogP contribution in [-0.2, 0) is 0 Å². The number of ether oxygens (including phenoxy) is 1. The maximum atomic E-state index is 12.3. The normalized spacial score (nSPS) is 15.8. The number of carbonyl (C=O) groups excluding carboxylic acids is 1. The standard InChI is InChI=1S/C17H18F2N2O2/c18-17(19)23-14-7-6-11-8-12(10-20-15(11)9-14)16(22)21-13-4-2-1-3-5-13/h6-10,13,17H,1-5H2,(H,21,22). The summed E-state index contributed by atoms with van der Waals surface area (Å²) >= 11 is 0. The van der Waals surface area contributed by atoms with Crippen LogP contribution in [0, 0.1) is 0 Å². The van der Waals surface area contributed by atoms with Crippen molar-refractivity contribution in [2.24, 2.45) is 0 Å². The lowest BCUT2D eigenvalue weighted by atomic mass is 9.95. The predicted octanol–water partition coefficient (Wildman–Crippen LogP) is 3.90. The molecule has 1 fully saturated rings. The van der Waals surface area contributed by atoms with E-state index < -0.39 is 6.61 Å². The molecule has 2 aromatic rings. The second-order valence-electron chi connectivity index (χ2n) is 5.77. The van der Waals surface area contributed by atoms with Crippen LogP contribution in [-0.4, -0.2) is 23.5 Å². The minimum atomic E-state index is -2.87. The van der Waals surface area contributed by atoms with Crippen molar-refractivity contribution in [3.8, 4) is 5.75 Å². The van der Waals surface area contributed by atoms with E-state index in [0.29, 0.717) is 16.5 Å².